The van der Waals surface area contributed by atoms with Crippen LogP contribution in [0.3, 0.4) is 0 Å². The largest absolute Gasteiger partial charge is 0.343 e. The number of benzene rings is 1. The van der Waals surface area contributed by atoms with Gasteiger partial charge in [0.1, 0.15) is 6.54 Å². The van der Waals surface area contributed by atoms with Crippen molar-refractivity contribution in [2.75, 3.05) is 6.54 Å². The molecule has 1 heterocycles. The maximum Gasteiger partial charge on any atom is 0.208 e. The quantitative estimate of drug-likeness (QED) is 0.903. The Hall–Kier alpha value is -0.900. The fourth-order valence-electron chi connectivity index (χ4n) is 3.06. The SMILES string of the molecule is c1ccc2c(c1)COC(C[NH2+]C1CCCCC1)OC2. The summed E-state index contributed by atoms with van der Waals surface area (Å²) in [7, 11) is 0. The van der Waals surface area contributed by atoms with Gasteiger partial charge in [0.05, 0.1) is 19.3 Å². The van der Waals surface area contributed by atoms with E-state index in [9.17, 15) is 0 Å². The van der Waals surface area contributed by atoms with Crippen molar-refractivity contribution in [2.24, 2.45) is 0 Å². The Labute approximate surface area is 115 Å². The van der Waals surface area contributed by atoms with Crippen LogP contribution >= 0.6 is 0 Å². The number of quaternary nitrogens is 1. The van der Waals surface area contributed by atoms with Crippen molar-refractivity contribution in [3.63, 3.8) is 0 Å². The van der Waals surface area contributed by atoms with Crippen LogP contribution in [0.15, 0.2) is 24.3 Å². The van der Waals surface area contributed by atoms with E-state index < -0.39 is 0 Å². The van der Waals surface area contributed by atoms with Crippen LogP contribution in [-0.2, 0) is 22.7 Å². The third-order valence-electron chi connectivity index (χ3n) is 4.28. The Morgan fingerprint density at radius 2 is 1.58 bits per heavy atom. The first-order chi connectivity index (χ1) is 9.42. The van der Waals surface area contributed by atoms with E-state index in [-0.39, 0.29) is 6.29 Å². The number of hydrogen-bond donors (Lipinski definition) is 1. The molecule has 0 unspecified atom stereocenters. The smallest absolute Gasteiger partial charge is 0.208 e. The molecule has 0 atom stereocenters. The van der Waals surface area contributed by atoms with Gasteiger partial charge in [-0.05, 0) is 36.8 Å². The molecule has 1 aromatic carbocycles. The number of ether oxygens (including phenoxy) is 2. The summed E-state index contributed by atoms with van der Waals surface area (Å²) in [6.45, 7) is 2.29. The second-order valence-corrected chi connectivity index (χ2v) is 5.69. The molecule has 0 amide bonds. The normalized spacial score (nSPS) is 21.9. The van der Waals surface area contributed by atoms with Crippen molar-refractivity contribution in [2.45, 2.75) is 57.6 Å². The number of hydrogen-bond acceptors (Lipinski definition) is 2. The first-order valence-corrected chi connectivity index (χ1v) is 7.55. The molecule has 3 nitrogen and oxygen atoms in total. The van der Waals surface area contributed by atoms with Crippen molar-refractivity contribution in [3.8, 4) is 0 Å². The molecule has 0 bridgehead atoms. The van der Waals surface area contributed by atoms with Crippen molar-refractivity contribution in [1.29, 1.82) is 0 Å². The first kappa shape index (κ1) is 13.1. The predicted octanol–water partition coefficient (Wildman–Crippen LogP) is 1.96. The van der Waals surface area contributed by atoms with Crippen molar-refractivity contribution in [3.05, 3.63) is 35.4 Å². The lowest BCUT2D eigenvalue weighted by Gasteiger charge is -2.22. The Kier molecular flexibility index (Phi) is 4.49. The highest BCUT2D eigenvalue weighted by Crippen LogP contribution is 2.18. The molecular weight excluding hydrogens is 238 g/mol. The van der Waals surface area contributed by atoms with Crippen LogP contribution in [0.25, 0.3) is 0 Å². The molecule has 0 radical (unpaired) electrons. The third kappa shape index (κ3) is 3.56. The molecule has 0 spiro atoms. The molecule has 19 heavy (non-hydrogen) atoms. The van der Waals surface area contributed by atoms with Crippen LogP contribution in [0.4, 0.5) is 0 Å². The van der Waals surface area contributed by atoms with Crippen LogP contribution in [-0.4, -0.2) is 18.9 Å². The molecule has 2 N–H and O–H groups in total. The summed E-state index contributed by atoms with van der Waals surface area (Å²) >= 11 is 0. The maximum absolute atomic E-state index is 5.87. The van der Waals surface area contributed by atoms with Crippen LogP contribution < -0.4 is 5.32 Å². The molecule has 1 fully saturated rings. The Balaban J connectivity index is 1.48. The van der Waals surface area contributed by atoms with E-state index in [0.717, 1.165) is 12.6 Å². The molecular formula is C16H24NO2+. The highest BCUT2D eigenvalue weighted by Gasteiger charge is 2.21. The molecule has 2 aliphatic rings. The molecule has 3 rings (SSSR count). The zero-order valence-corrected chi connectivity index (χ0v) is 11.5. The van der Waals surface area contributed by atoms with E-state index in [0.29, 0.717) is 13.2 Å². The Morgan fingerprint density at radius 1 is 0.947 bits per heavy atom. The highest BCUT2D eigenvalue weighted by molar-refractivity contribution is 5.26. The molecule has 104 valence electrons. The molecule has 0 saturated heterocycles. The van der Waals surface area contributed by atoms with Gasteiger partial charge in [-0.3, -0.25) is 0 Å². The zero-order valence-electron chi connectivity index (χ0n) is 11.5. The lowest BCUT2D eigenvalue weighted by molar-refractivity contribution is -0.703. The Morgan fingerprint density at radius 3 is 2.21 bits per heavy atom. The summed E-state index contributed by atoms with van der Waals surface area (Å²) < 4.78 is 11.7. The van der Waals surface area contributed by atoms with Gasteiger partial charge in [0, 0.05) is 0 Å². The van der Waals surface area contributed by atoms with Gasteiger partial charge in [-0.1, -0.05) is 30.7 Å². The molecule has 1 saturated carbocycles. The van der Waals surface area contributed by atoms with Gasteiger partial charge >= 0.3 is 0 Å². The van der Waals surface area contributed by atoms with E-state index in [1.807, 2.05) is 0 Å². The minimum absolute atomic E-state index is 0.0608. The summed E-state index contributed by atoms with van der Waals surface area (Å²) in [5.74, 6) is 0. The second kappa shape index (κ2) is 6.51. The maximum atomic E-state index is 5.87. The summed E-state index contributed by atoms with van der Waals surface area (Å²) in [4.78, 5) is 0. The van der Waals surface area contributed by atoms with Gasteiger partial charge in [-0.25, -0.2) is 0 Å². The van der Waals surface area contributed by atoms with E-state index in [2.05, 4.69) is 29.6 Å². The van der Waals surface area contributed by atoms with Gasteiger partial charge in [-0.15, -0.1) is 0 Å². The topological polar surface area (TPSA) is 35.1 Å². The van der Waals surface area contributed by atoms with Gasteiger partial charge in [0.2, 0.25) is 6.29 Å². The average molecular weight is 262 g/mol. The minimum atomic E-state index is -0.0608. The van der Waals surface area contributed by atoms with Crippen LogP contribution in [0.2, 0.25) is 0 Å². The summed E-state index contributed by atoms with van der Waals surface area (Å²) in [5.41, 5.74) is 2.53. The molecule has 1 aliphatic carbocycles. The van der Waals surface area contributed by atoms with Gasteiger partial charge < -0.3 is 14.8 Å². The highest BCUT2D eigenvalue weighted by atomic mass is 16.7. The standard InChI is InChI=1S/C16H23NO2/c1-2-8-15(9-3-1)17-10-16-18-11-13-6-4-5-7-14(13)12-19-16/h4-7,15-17H,1-3,8-12H2/p+1. The fraction of sp³-hybridized carbons (Fsp3) is 0.625. The zero-order chi connectivity index (χ0) is 12.9. The van der Waals surface area contributed by atoms with E-state index >= 15 is 0 Å². The third-order valence-corrected chi connectivity index (χ3v) is 4.28. The van der Waals surface area contributed by atoms with Crippen molar-refractivity contribution in [1.82, 2.24) is 0 Å². The minimum Gasteiger partial charge on any atom is -0.343 e. The number of fused-ring (bicyclic) bond motifs is 1. The summed E-state index contributed by atoms with van der Waals surface area (Å²) in [5, 5.41) is 2.43. The van der Waals surface area contributed by atoms with Gasteiger partial charge in [-0.2, -0.15) is 0 Å². The van der Waals surface area contributed by atoms with E-state index in [4.69, 9.17) is 9.47 Å². The van der Waals surface area contributed by atoms with E-state index in [1.54, 1.807) is 0 Å². The average Bonchev–Trinajstić information content (AvgIpc) is 2.69. The van der Waals surface area contributed by atoms with E-state index in [1.165, 1.54) is 43.2 Å². The predicted molar refractivity (Wildman–Crippen MR) is 73.5 cm³/mol. The van der Waals surface area contributed by atoms with Crippen LogP contribution in [0.5, 0.6) is 0 Å². The monoisotopic (exact) mass is 262 g/mol. The van der Waals surface area contributed by atoms with Crippen LogP contribution in [0, 0.1) is 0 Å². The summed E-state index contributed by atoms with van der Waals surface area (Å²) in [6.07, 6.45) is 6.84. The lowest BCUT2D eigenvalue weighted by Crippen LogP contribution is -2.92. The fourth-order valence-corrected chi connectivity index (χ4v) is 3.06. The molecule has 3 heteroatoms. The lowest BCUT2D eigenvalue weighted by atomic mass is 9.95. The summed E-state index contributed by atoms with van der Waals surface area (Å²) in [6, 6.07) is 9.18. The van der Waals surface area contributed by atoms with Gasteiger partial charge in [0.15, 0.2) is 0 Å². The number of rotatable bonds is 3. The second-order valence-electron chi connectivity index (χ2n) is 5.69. The van der Waals surface area contributed by atoms with Gasteiger partial charge in [0.25, 0.3) is 0 Å². The molecule has 1 aliphatic heterocycles. The molecule has 1 aromatic rings. The van der Waals surface area contributed by atoms with Crippen molar-refractivity contribution >= 4 is 0 Å². The Bertz CT molecular complexity index is 374. The number of nitrogens with two attached hydrogens (primary N) is 1. The van der Waals surface area contributed by atoms with Crippen molar-refractivity contribution < 1.29 is 14.8 Å². The molecule has 0 aromatic heterocycles. The van der Waals surface area contributed by atoms with Crippen LogP contribution in [0.1, 0.15) is 43.2 Å². The first-order valence-electron chi connectivity index (χ1n) is 7.55.